The topological polar surface area (TPSA) is 12.5 Å². The first-order valence-corrected chi connectivity index (χ1v) is 5.58. The van der Waals surface area contributed by atoms with Crippen molar-refractivity contribution < 1.29 is 13.5 Å². The van der Waals surface area contributed by atoms with E-state index in [1.54, 1.807) is 6.07 Å². The van der Waals surface area contributed by atoms with E-state index < -0.39 is 11.6 Å². The molecule has 2 rings (SSSR count). The van der Waals surface area contributed by atoms with E-state index in [2.05, 4.69) is 17.5 Å². The van der Waals surface area contributed by atoms with E-state index in [1.807, 2.05) is 0 Å². The Morgan fingerprint density at radius 3 is 2.56 bits per heavy atom. The van der Waals surface area contributed by atoms with Gasteiger partial charge >= 0.3 is 0 Å². The van der Waals surface area contributed by atoms with Gasteiger partial charge in [0.15, 0.2) is 11.6 Å². The lowest BCUT2D eigenvalue weighted by molar-refractivity contribution is 0.0341. The summed E-state index contributed by atoms with van der Waals surface area (Å²) >= 11 is 3.90. The minimum absolute atomic E-state index is 0.0586. The molecule has 0 atom stereocenters. The Balaban J connectivity index is 2.09. The van der Waals surface area contributed by atoms with Gasteiger partial charge in [-0.3, -0.25) is 4.90 Å². The van der Waals surface area contributed by atoms with Crippen LogP contribution < -0.4 is 0 Å². The van der Waals surface area contributed by atoms with Gasteiger partial charge in [0, 0.05) is 24.5 Å². The summed E-state index contributed by atoms with van der Waals surface area (Å²) < 4.78 is 31.3. The molecule has 0 unspecified atom stereocenters. The van der Waals surface area contributed by atoms with Gasteiger partial charge in [-0.05, 0) is 17.7 Å². The number of hydrogen-bond acceptors (Lipinski definition) is 3. The third-order valence-electron chi connectivity index (χ3n) is 2.58. The van der Waals surface area contributed by atoms with Gasteiger partial charge in [-0.1, -0.05) is 0 Å². The molecule has 0 spiro atoms. The largest absolute Gasteiger partial charge is 0.379 e. The highest BCUT2D eigenvalue weighted by molar-refractivity contribution is 7.80. The van der Waals surface area contributed by atoms with E-state index in [9.17, 15) is 8.78 Å². The van der Waals surface area contributed by atoms with E-state index >= 15 is 0 Å². The summed E-state index contributed by atoms with van der Waals surface area (Å²) in [6, 6.07) is 2.79. The smallest absolute Gasteiger partial charge is 0.172 e. The first-order valence-electron chi connectivity index (χ1n) is 5.14. The molecule has 1 heterocycles. The molecule has 1 aliphatic rings. The number of thiol groups is 1. The van der Waals surface area contributed by atoms with Crippen LogP contribution in [-0.2, 0) is 11.3 Å². The second-order valence-corrected chi connectivity index (χ2v) is 4.28. The van der Waals surface area contributed by atoms with Crippen molar-refractivity contribution in [3.05, 3.63) is 29.3 Å². The molecule has 0 aromatic heterocycles. The second kappa shape index (κ2) is 5.12. The number of morpholine rings is 1. The van der Waals surface area contributed by atoms with Crippen molar-refractivity contribution in [2.24, 2.45) is 0 Å². The lowest BCUT2D eigenvalue weighted by atomic mass is 10.2. The Kier molecular flexibility index (Phi) is 3.78. The number of ether oxygens (including phenoxy) is 1. The van der Waals surface area contributed by atoms with Gasteiger partial charge in [0.05, 0.1) is 13.2 Å². The maximum atomic E-state index is 13.1. The predicted octanol–water partition coefficient (Wildman–Crippen LogP) is 2.09. The summed E-state index contributed by atoms with van der Waals surface area (Å²) in [7, 11) is 0. The van der Waals surface area contributed by atoms with Crippen LogP contribution in [0.15, 0.2) is 17.0 Å². The van der Waals surface area contributed by atoms with Crippen LogP contribution in [0.1, 0.15) is 5.56 Å². The normalized spacial score (nSPS) is 17.7. The van der Waals surface area contributed by atoms with Crippen molar-refractivity contribution >= 4 is 12.6 Å². The highest BCUT2D eigenvalue weighted by Crippen LogP contribution is 2.19. The zero-order valence-corrected chi connectivity index (χ0v) is 9.64. The van der Waals surface area contributed by atoms with Crippen LogP contribution >= 0.6 is 12.6 Å². The number of rotatable bonds is 2. The highest BCUT2D eigenvalue weighted by atomic mass is 32.1. The average Bonchev–Trinajstić information content (AvgIpc) is 2.27. The third kappa shape index (κ3) is 2.72. The highest BCUT2D eigenvalue weighted by Gasteiger charge is 2.13. The van der Waals surface area contributed by atoms with Gasteiger partial charge in [-0.15, -0.1) is 12.6 Å². The van der Waals surface area contributed by atoms with E-state index in [0.29, 0.717) is 19.8 Å². The zero-order valence-electron chi connectivity index (χ0n) is 8.75. The van der Waals surface area contributed by atoms with Crippen LogP contribution in [0.4, 0.5) is 8.78 Å². The molecule has 0 saturated carbocycles. The summed E-state index contributed by atoms with van der Waals surface area (Å²) in [5.41, 5.74) is 0.741. The number of nitrogens with zero attached hydrogens (tertiary/aromatic N) is 1. The second-order valence-electron chi connectivity index (χ2n) is 3.80. The molecule has 1 saturated heterocycles. The Bertz CT molecular complexity index is 357. The monoisotopic (exact) mass is 245 g/mol. The van der Waals surface area contributed by atoms with Crippen LogP contribution in [-0.4, -0.2) is 31.2 Å². The van der Waals surface area contributed by atoms with Crippen LogP contribution in [0.3, 0.4) is 0 Å². The molecule has 1 aliphatic heterocycles. The van der Waals surface area contributed by atoms with E-state index in [-0.39, 0.29) is 4.90 Å². The molecule has 0 radical (unpaired) electrons. The van der Waals surface area contributed by atoms with Crippen LogP contribution in [0.2, 0.25) is 0 Å². The molecule has 0 amide bonds. The minimum atomic E-state index is -0.880. The molecule has 1 aromatic rings. The molecule has 2 nitrogen and oxygen atoms in total. The predicted molar refractivity (Wildman–Crippen MR) is 59.7 cm³/mol. The Morgan fingerprint density at radius 2 is 1.94 bits per heavy atom. The first-order chi connectivity index (χ1) is 7.66. The van der Waals surface area contributed by atoms with Crippen LogP contribution in [0, 0.1) is 11.6 Å². The molecular formula is C11H13F2NOS. The Labute approximate surface area is 98.6 Å². The molecule has 1 fully saturated rings. The first kappa shape index (κ1) is 11.8. The molecule has 0 aliphatic carbocycles. The third-order valence-corrected chi connectivity index (χ3v) is 2.90. The van der Waals surface area contributed by atoms with Gasteiger partial charge in [-0.25, -0.2) is 8.78 Å². The summed E-state index contributed by atoms with van der Waals surface area (Å²) in [5, 5.41) is 0. The van der Waals surface area contributed by atoms with E-state index in [0.717, 1.165) is 18.7 Å². The Morgan fingerprint density at radius 1 is 1.25 bits per heavy atom. The maximum absolute atomic E-state index is 13.1. The van der Waals surface area contributed by atoms with E-state index in [4.69, 9.17) is 4.74 Å². The lowest BCUT2D eigenvalue weighted by Crippen LogP contribution is -2.35. The van der Waals surface area contributed by atoms with Gasteiger partial charge in [0.1, 0.15) is 0 Å². The van der Waals surface area contributed by atoms with Crippen molar-refractivity contribution in [1.29, 1.82) is 0 Å². The Hall–Kier alpha value is -0.650. The number of halogens is 2. The summed E-state index contributed by atoms with van der Waals surface area (Å²) in [6.07, 6.45) is 0. The average molecular weight is 245 g/mol. The number of hydrogen-bond donors (Lipinski definition) is 1. The van der Waals surface area contributed by atoms with Crippen LogP contribution in [0.5, 0.6) is 0 Å². The fraction of sp³-hybridized carbons (Fsp3) is 0.455. The standard InChI is InChI=1S/C11H13F2NOS/c12-9-5-8(6-10(16)11(9)13)7-14-1-3-15-4-2-14/h5-6,16H,1-4,7H2. The van der Waals surface area contributed by atoms with Gasteiger partial charge < -0.3 is 4.74 Å². The molecule has 16 heavy (non-hydrogen) atoms. The number of benzene rings is 1. The molecule has 1 aromatic carbocycles. The fourth-order valence-electron chi connectivity index (χ4n) is 1.74. The van der Waals surface area contributed by atoms with Crippen molar-refractivity contribution in [3.8, 4) is 0 Å². The van der Waals surface area contributed by atoms with Crippen molar-refractivity contribution in [3.63, 3.8) is 0 Å². The molecular weight excluding hydrogens is 232 g/mol. The molecule has 5 heteroatoms. The van der Waals surface area contributed by atoms with Crippen LogP contribution in [0.25, 0.3) is 0 Å². The minimum Gasteiger partial charge on any atom is -0.379 e. The molecule has 0 bridgehead atoms. The van der Waals surface area contributed by atoms with Crippen molar-refractivity contribution in [1.82, 2.24) is 4.90 Å². The summed E-state index contributed by atoms with van der Waals surface area (Å²) in [6.45, 7) is 3.63. The summed E-state index contributed by atoms with van der Waals surface area (Å²) in [4.78, 5) is 2.20. The lowest BCUT2D eigenvalue weighted by Gasteiger charge is -2.26. The van der Waals surface area contributed by atoms with Gasteiger partial charge in [0.2, 0.25) is 0 Å². The molecule has 88 valence electrons. The van der Waals surface area contributed by atoms with Gasteiger partial charge in [-0.2, -0.15) is 0 Å². The van der Waals surface area contributed by atoms with Crippen molar-refractivity contribution in [2.75, 3.05) is 26.3 Å². The van der Waals surface area contributed by atoms with E-state index in [1.165, 1.54) is 6.07 Å². The SMILES string of the molecule is Fc1cc(CN2CCOCC2)cc(S)c1F. The zero-order chi connectivity index (χ0) is 11.5. The maximum Gasteiger partial charge on any atom is 0.172 e. The van der Waals surface area contributed by atoms with Gasteiger partial charge in [0.25, 0.3) is 0 Å². The summed E-state index contributed by atoms with van der Waals surface area (Å²) in [5.74, 6) is -1.72. The quantitative estimate of drug-likeness (QED) is 0.801. The molecule has 0 N–H and O–H groups in total. The van der Waals surface area contributed by atoms with Crippen molar-refractivity contribution in [2.45, 2.75) is 11.4 Å². The fourth-order valence-corrected chi connectivity index (χ4v) is 2.01.